The Bertz CT molecular complexity index is 616. The summed E-state index contributed by atoms with van der Waals surface area (Å²) in [6, 6.07) is 4.17. The highest BCUT2D eigenvalue weighted by Crippen LogP contribution is 2.16. The van der Waals surface area contributed by atoms with Crippen molar-refractivity contribution in [3.05, 3.63) is 30.4 Å². The van der Waals surface area contributed by atoms with Crippen LogP contribution in [0, 0.1) is 0 Å². The lowest BCUT2D eigenvalue weighted by Gasteiger charge is -2.39. The standard InChI is InChI=1S/C16H23N5O2/c1-12-9-20(6-7-21(12)10-13(2)22)11-15-18-16(19-23-15)14-4-3-5-17-8-14/h3-5,8,12-13,22H,6-7,9-11H2,1-2H3/t12-,13+/m1/s1. The molecule has 0 amide bonds. The van der Waals surface area contributed by atoms with E-state index < -0.39 is 0 Å². The van der Waals surface area contributed by atoms with Crippen molar-refractivity contribution < 1.29 is 9.63 Å². The van der Waals surface area contributed by atoms with Crippen LogP contribution in [-0.2, 0) is 6.54 Å². The molecule has 0 bridgehead atoms. The first kappa shape index (κ1) is 16.0. The lowest BCUT2D eigenvalue weighted by molar-refractivity contribution is 0.0385. The van der Waals surface area contributed by atoms with Crippen molar-refractivity contribution in [2.75, 3.05) is 26.2 Å². The van der Waals surface area contributed by atoms with Gasteiger partial charge >= 0.3 is 0 Å². The number of aliphatic hydroxyl groups excluding tert-OH is 1. The van der Waals surface area contributed by atoms with E-state index in [-0.39, 0.29) is 6.10 Å². The largest absolute Gasteiger partial charge is 0.392 e. The molecule has 1 N–H and O–H groups in total. The molecule has 7 heteroatoms. The molecule has 0 radical (unpaired) electrons. The average molecular weight is 317 g/mol. The van der Waals surface area contributed by atoms with Gasteiger partial charge in [0.25, 0.3) is 0 Å². The molecule has 3 heterocycles. The van der Waals surface area contributed by atoms with Crippen LogP contribution in [0.25, 0.3) is 11.4 Å². The molecule has 1 saturated heterocycles. The Balaban J connectivity index is 1.58. The predicted molar refractivity (Wildman–Crippen MR) is 85.5 cm³/mol. The van der Waals surface area contributed by atoms with Crippen molar-refractivity contribution in [2.45, 2.75) is 32.5 Å². The van der Waals surface area contributed by atoms with Crippen LogP contribution < -0.4 is 0 Å². The third-order valence-electron chi connectivity index (χ3n) is 4.09. The van der Waals surface area contributed by atoms with Gasteiger partial charge in [-0.25, -0.2) is 0 Å². The molecule has 0 spiro atoms. The highest BCUT2D eigenvalue weighted by Gasteiger charge is 2.25. The summed E-state index contributed by atoms with van der Waals surface area (Å²) in [4.78, 5) is 13.1. The van der Waals surface area contributed by atoms with Crippen molar-refractivity contribution in [1.82, 2.24) is 24.9 Å². The van der Waals surface area contributed by atoms with Gasteiger partial charge < -0.3 is 9.63 Å². The highest BCUT2D eigenvalue weighted by atomic mass is 16.5. The molecule has 2 aromatic heterocycles. The van der Waals surface area contributed by atoms with Gasteiger partial charge in [-0.3, -0.25) is 14.8 Å². The van der Waals surface area contributed by atoms with Crippen LogP contribution in [-0.4, -0.2) is 68.4 Å². The van der Waals surface area contributed by atoms with Crippen molar-refractivity contribution in [3.63, 3.8) is 0 Å². The summed E-state index contributed by atoms with van der Waals surface area (Å²) in [6.07, 6.45) is 3.16. The first-order valence-electron chi connectivity index (χ1n) is 7.99. The maximum Gasteiger partial charge on any atom is 0.241 e. The van der Waals surface area contributed by atoms with E-state index in [2.05, 4.69) is 31.8 Å². The third kappa shape index (κ3) is 4.13. The molecule has 7 nitrogen and oxygen atoms in total. The zero-order valence-corrected chi connectivity index (χ0v) is 13.6. The number of β-amino-alcohol motifs (C(OH)–C–C–N with tert-alkyl or cyclic N) is 1. The van der Waals surface area contributed by atoms with Gasteiger partial charge in [0.05, 0.1) is 12.6 Å². The third-order valence-corrected chi connectivity index (χ3v) is 4.09. The van der Waals surface area contributed by atoms with Crippen molar-refractivity contribution in [2.24, 2.45) is 0 Å². The minimum atomic E-state index is -0.290. The fourth-order valence-corrected chi connectivity index (χ4v) is 2.95. The number of aliphatic hydroxyl groups is 1. The summed E-state index contributed by atoms with van der Waals surface area (Å²) in [6.45, 7) is 8.19. The maximum atomic E-state index is 9.54. The fourth-order valence-electron chi connectivity index (χ4n) is 2.95. The summed E-state index contributed by atoms with van der Waals surface area (Å²) in [7, 11) is 0. The van der Waals surface area contributed by atoms with Crippen LogP contribution in [0.5, 0.6) is 0 Å². The SMILES string of the molecule is C[C@H](O)CN1CCN(Cc2nc(-c3cccnc3)no2)C[C@H]1C. The molecule has 2 atom stereocenters. The number of rotatable bonds is 5. The predicted octanol–water partition coefficient (Wildman–Crippen LogP) is 1.02. The highest BCUT2D eigenvalue weighted by molar-refractivity contribution is 5.51. The van der Waals surface area contributed by atoms with Crippen molar-refractivity contribution in [1.29, 1.82) is 0 Å². The maximum absolute atomic E-state index is 9.54. The molecule has 23 heavy (non-hydrogen) atoms. The Hall–Kier alpha value is -1.83. The van der Waals surface area contributed by atoms with Crippen LogP contribution in [0.2, 0.25) is 0 Å². The molecular formula is C16H23N5O2. The van der Waals surface area contributed by atoms with Crippen molar-refractivity contribution in [3.8, 4) is 11.4 Å². The molecule has 0 unspecified atom stereocenters. The number of hydrogen-bond acceptors (Lipinski definition) is 7. The zero-order chi connectivity index (χ0) is 16.2. The zero-order valence-electron chi connectivity index (χ0n) is 13.6. The first-order chi connectivity index (χ1) is 11.1. The van der Waals surface area contributed by atoms with E-state index in [0.717, 1.165) is 31.7 Å². The number of nitrogens with zero attached hydrogens (tertiary/aromatic N) is 5. The minimum absolute atomic E-state index is 0.290. The average Bonchev–Trinajstić information content (AvgIpc) is 2.99. The second-order valence-electron chi connectivity index (χ2n) is 6.18. The fraction of sp³-hybridized carbons (Fsp3) is 0.562. The molecule has 0 saturated carbocycles. The summed E-state index contributed by atoms with van der Waals surface area (Å²) >= 11 is 0. The molecule has 1 fully saturated rings. The molecule has 0 aromatic carbocycles. The quantitative estimate of drug-likeness (QED) is 0.882. The number of piperazine rings is 1. The van der Waals surface area contributed by atoms with E-state index in [1.807, 2.05) is 19.1 Å². The van der Waals surface area contributed by atoms with E-state index >= 15 is 0 Å². The minimum Gasteiger partial charge on any atom is -0.392 e. The van der Waals surface area contributed by atoms with Crippen LogP contribution >= 0.6 is 0 Å². The van der Waals surface area contributed by atoms with Gasteiger partial charge in [0.2, 0.25) is 11.7 Å². The molecular weight excluding hydrogens is 294 g/mol. The monoisotopic (exact) mass is 317 g/mol. The summed E-state index contributed by atoms with van der Waals surface area (Å²) in [5.41, 5.74) is 0.859. The second kappa shape index (κ2) is 7.16. The van der Waals surface area contributed by atoms with E-state index in [1.165, 1.54) is 0 Å². The lowest BCUT2D eigenvalue weighted by Crippen LogP contribution is -2.53. The number of aromatic nitrogens is 3. The second-order valence-corrected chi connectivity index (χ2v) is 6.18. The first-order valence-corrected chi connectivity index (χ1v) is 7.99. The molecule has 2 aromatic rings. The Morgan fingerprint density at radius 3 is 3.00 bits per heavy atom. The topological polar surface area (TPSA) is 78.5 Å². The number of pyridine rings is 1. The summed E-state index contributed by atoms with van der Waals surface area (Å²) in [5.74, 6) is 1.20. The Labute approximate surface area is 135 Å². The van der Waals surface area contributed by atoms with Gasteiger partial charge in [0.1, 0.15) is 0 Å². The van der Waals surface area contributed by atoms with Crippen LogP contribution in [0.3, 0.4) is 0 Å². The van der Waals surface area contributed by atoms with Crippen LogP contribution in [0.15, 0.2) is 29.0 Å². The van der Waals surface area contributed by atoms with Gasteiger partial charge in [-0.15, -0.1) is 0 Å². The summed E-state index contributed by atoms with van der Waals surface area (Å²) in [5, 5.41) is 13.6. The molecule has 0 aliphatic carbocycles. The molecule has 1 aliphatic rings. The van der Waals surface area contributed by atoms with E-state index in [4.69, 9.17) is 4.52 Å². The van der Waals surface area contributed by atoms with Gasteiger partial charge in [0.15, 0.2) is 0 Å². The Morgan fingerprint density at radius 1 is 1.43 bits per heavy atom. The van der Waals surface area contributed by atoms with Gasteiger partial charge in [-0.2, -0.15) is 4.98 Å². The molecule has 1 aliphatic heterocycles. The van der Waals surface area contributed by atoms with Crippen molar-refractivity contribution >= 4 is 0 Å². The van der Waals surface area contributed by atoms with Gasteiger partial charge in [0, 0.05) is 50.2 Å². The molecule has 3 rings (SSSR count). The smallest absolute Gasteiger partial charge is 0.241 e. The van der Waals surface area contributed by atoms with E-state index in [0.29, 0.717) is 24.3 Å². The van der Waals surface area contributed by atoms with E-state index in [9.17, 15) is 5.11 Å². The van der Waals surface area contributed by atoms with Crippen LogP contribution in [0.4, 0.5) is 0 Å². The summed E-state index contributed by atoms with van der Waals surface area (Å²) < 4.78 is 5.36. The van der Waals surface area contributed by atoms with E-state index in [1.54, 1.807) is 12.4 Å². The normalized spacial score (nSPS) is 21.4. The van der Waals surface area contributed by atoms with Crippen LogP contribution in [0.1, 0.15) is 19.7 Å². The van der Waals surface area contributed by atoms with Gasteiger partial charge in [-0.05, 0) is 26.0 Å². The Morgan fingerprint density at radius 2 is 2.30 bits per heavy atom. The number of hydrogen-bond donors (Lipinski definition) is 1. The lowest BCUT2D eigenvalue weighted by atomic mass is 10.1. The Kier molecular flexibility index (Phi) is 5.00. The molecule has 124 valence electrons. The van der Waals surface area contributed by atoms with Gasteiger partial charge in [-0.1, -0.05) is 5.16 Å².